The SMILES string of the molecule is C[C@]12CC[C@@H]3c4ccc(O)cc4CC[C@H]3[C@@H]1C[14C@@H](O)[C@@H]2O. The molecule has 1 aromatic carbocycles. The number of rotatable bonds is 0. The number of benzene rings is 1. The van der Waals surface area contributed by atoms with Crippen LogP contribution in [-0.4, -0.2) is 27.5 Å². The molecule has 1 aromatic rings. The van der Waals surface area contributed by atoms with Gasteiger partial charge in [0.25, 0.3) is 0 Å². The summed E-state index contributed by atoms with van der Waals surface area (Å²) in [5.74, 6) is 1.88. The number of aliphatic hydroxyl groups excluding tert-OH is 2. The van der Waals surface area contributed by atoms with Gasteiger partial charge < -0.3 is 15.3 Å². The maximum absolute atomic E-state index is 10.4. The van der Waals surface area contributed by atoms with Gasteiger partial charge in [-0.1, -0.05) is 13.0 Å². The molecule has 4 rings (SSSR count). The molecule has 3 N–H and O–H groups in total. The van der Waals surface area contributed by atoms with Crippen molar-refractivity contribution in [2.45, 2.75) is 57.2 Å². The lowest BCUT2D eigenvalue weighted by atomic mass is 9.55. The third kappa shape index (κ3) is 1.80. The van der Waals surface area contributed by atoms with Crippen LogP contribution in [0.25, 0.3) is 0 Å². The van der Waals surface area contributed by atoms with Gasteiger partial charge in [-0.3, -0.25) is 0 Å². The zero-order valence-corrected chi connectivity index (χ0v) is 12.5. The zero-order valence-electron chi connectivity index (χ0n) is 12.5. The molecule has 6 atom stereocenters. The Hall–Kier alpha value is -1.06. The summed E-state index contributed by atoms with van der Waals surface area (Å²) in [6.45, 7) is 2.17. The van der Waals surface area contributed by atoms with Crippen molar-refractivity contribution in [1.82, 2.24) is 0 Å². The fourth-order valence-electron chi connectivity index (χ4n) is 5.56. The van der Waals surface area contributed by atoms with Crippen molar-refractivity contribution in [3.63, 3.8) is 0 Å². The lowest BCUT2D eigenvalue weighted by molar-refractivity contribution is -0.0505. The van der Waals surface area contributed by atoms with Gasteiger partial charge in [-0.05, 0) is 78.5 Å². The summed E-state index contributed by atoms with van der Waals surface area (Å²) in [5.41, 5.74) is 2.57. The van der Waals surface area contributed by atoms with E-state index in [4.69, 9.17) is 0 Å². The van der Waals surface area contributed by atoms with Gasteiger partial charge in [0.05, 0.1) is 12.2 Å². The van der Waals surface area contributed by atoms with E-state index in [-0.39, 0.29) is 5.41 Å². The van der Waals surface area contributed by atoms with Crippen LogP contribution >= 0.6 is 0 Å². The molecule has 0 heterocycles. The molecule has 2 saturated carbocycles. The first-order valence-electron chi connectivity index (χ1n) is 8.18. The number of aliphatic hydroxyl groups is 2. The van der Waals surface area contributed by atoms with Gasteiger partial charge in [0.1, 0.15) is 5.75 Å². The minimum atomic E-state index is -0.565. The fraction of sp³-hybridized carbons (Fsp3) is 0.667. The molecular formula is C18H24O3. The molecule has 3 aliphatic carbocycles. The van der Waals surface area contributed by atoms with Gasteiger partial charge in [0.15, 0.2) is 0 Å². The molecule has 114 valence electrons. The van der Waals surface area contributed by atoms with E-state index in [9.17, 15) is 15.3 Å². The Bertz CT molecular complexity index is 570. The Morgan fingerprint density at radius 2 is 2.10 bits per heavy atom. The predicted octanol–water partition coefficient (Wildman–Crippen LogP) is 2.58. The topological polar surface area (TPSA) is 60.7 Å². The lowest BCUT2D eigenvalue weighted by Gasteiger charge is -2.49. The fourth-order valence-corrected chi connectivity index (χ4v) is 5.56. The van der Waals surface area contributed by atoms with Gasteiger partial charge in [0, 0.05) is 0 Å². The molecule has 0 amide bonds. The second-order valence-electron chi connectivity index (χ2n) is 7.59. The highest BCUT2D eigenvalue weighted by Crippen LogP contribution is 2.60. The van der Waals surface area contributed by atoms with Crippen molar-refractivity contribution in [3.05, 3.63) is 29.3 Å². The highest BCUT2D eigenvalue weighted by Gasteiger charge is 2.57. The first-order valence-corrected chi connectivity index (χ1v) is 8.18. The monoisotopic (exact) mass is 290 g/mol. The first-order chi connectivity index (χ1) is 10.0. The van der Waals surface area contributed by atoms with Crippen molar-refractivity contribution in [2.75, 3.05) is 0 Å². The third-order valence-corrected chi connectivity index (χ3v) is 6.68. The van der Waals surface area contributed by atoms with Crippen LogP contribution in [0.15, 0.2) is 18.2 Å². The molecule has 2 fully saturated rings. The second kappa shape index (κ2) is 4.47. The van der Waals surface area contributed by atoms with Gasteiger partial charge >= 0.3 is 0 Å². The molecule has 0 radical (unpaired) electrons. The molecule has 0 unspecified atom stereocenters. The van der Waals surface area contributed by atoms with E-state index >= 15 is 0 Å². The van der Waals surface area contributed by atoms with E-state index in [0.29, 0.717) is 23.5 Å². The number of hydrogen-bond acceptors (Lipinski definition) is 3. The summed E-state index contributed by atoms with van der Waals surface area (Å²) >= 11 is 0. The van der Waals surface area contributed by atoms with Crippen molar-refractivity contribution in [1.29, 1.82) is 0 Å². The Morgan fingerprint density at radius 1 is 1.29 bits per heavy atom. The van der Waals surface area contributed by atoms with Crippen molar-refractivity contribution in [2.24, 2.45) is 17.3 Å². The summed E-state index contributed by atoms with van der Waals surface area (Å²) < 4.78 is 0. The maximum Gasteiger partial charge on any atom is 0.115 e. The van der Waals surface area contributed by atoms with Crippen LogP contribution in [0.5, 0.6) is 5.75 Å². The van der Waals surface area contributed by atoms with Gasteiger partial charge in [-0.2, -0.15) is 0 Å². The van der Waals surface area contributed by atoms with Crippen LogP contribution in [-0.2, 0) is 6.42 Å². The van der Waals surface area contributed by atoms with Gasteiger partial charge in [0.2, 0.25) is 0 Å². The number of phenols is 1. The van der Waals surface area contributed by atoms with Crippen molar-refractivity contribution in [3.8, 4) is 5.75 Å². The molecule has 21 heavy (non-hydrogen) atoms. The number of fused-ring (bicyclic) bond motifs is 5. The van der Waals surface area contributed by atoms with Crippen LogP contribution in [0.1, 0.15) is 49.7 Å². The number of aromatic hydroxyl groups is 1. The summed E-state index contributed by atoms with van der Waals surface area (Å²) in [5, 5.41) is 30.2. The normalized spacial score (nSPS) is 44.8. The van der Waals surface area contributed by atoms with E-state index in [0.717, 1.165) is 32.1 Å². The second-order valence-corrected chi connectivity index (χ2v) is 7.59. The van der Waals surface area contributed by atoms with Gasteiger partial charge in [-0.25, -0.2) is 0 Å². The van der Waals surface area contributed by atoms with Crippen LogP contribution in [0.2, 0.25) is 0 Å². The van der Waals surface area contributed by atoms with Crippen LogP contribution < -0.4 is 0 Å². The quantitative estimate of drug-likeness (QED) is 0.688. The van der Waals surface area contributed by atoms with Crippen LogP contribution in [0.3, 0.4) is 0 Å². The summed E-state index contributed by atoms with van der Waals surface area (Å²) in [6.07, 6.45) is 3.80. The van der Waals surface area contributed by atoms with E-state index in [2.05, 4.69) is 13.0 Å². The molecule has 3 aliphatic rings. The first kappa shape index (κ1) is 13.6. The maximum atomic E-state index is 10.4. The lowest BCUT2D eigenvalue weighted by Crippen LogP contribution is -2.44. The molecule has 0 aliphatic heterocycles. The molecular weight excluding hydrogens is 266 g/mol. The van der Waals surface area contributed by atoms with E-state index in [1.54, 1.807) is 6.07 Å². The van der Waals surface area contributed by atoms with Crippen LogP contribution in [0, 0.1) is 17.3 Å². The third-order valence-electron chi connectivity index (χ3n) is 6.68. The average Bonchev–Trinajstić information content (AvgIpc) is 2.70. The van der Waals surface area contributed by atoms with Crippen molar-refractivity contribution >= 4 is 0 Å². The smallest absolute Gasteiger partial charge is 0.115 e. The number of phenolic OH excluding ortho intramolecular Hbond substituents is 1. The molecule has 0 bridgehead atoms. The molecule has 0 spiro atoms. The van der Waals surface area contributed by atoms with E-state index < -0.39 is 12.2 Å². The standard InChI is InChI=1S/C18H24O3/c1-18-7-6-13-12-5-3-11(19)8-10(12)2-4-14(13)15(18)9-16(20)17(18)21/h3,5,8,13-17,19-21H,2,4,6-7,9H2,1H3/t13-,14-,15+,16-,17+,18+/m1/s1/i16+2. The number of aryl methyl sites for hydroxylation is 1. The minimum Gasteiger partial charge on any atom is -0.508 e. The van der Waals surface area contributed by atoms with Gasteiger partial charge in [-0.15, -0.1) is 0 Å². The Balaban J connectivity index is 1.71. The Labute approximate surface area is 125 Å². The van der Waals surface area contributed by atoms with Crippen molar-refractivity contribution < 1.29 is 15.3 Å². The molecule has 0 saturated heterocycles. The zero-order chi connectivity index (χ0) is 14.8. The molecule has 3 nitrogen and oxygen atoms in total. The predicted molar refractivity (Wildman–Crippen MR) is 80.1 cm³/mol. The van der Waals surface area contributed by atoms with Crippen LogP contribution in [0.4, 0.5) is 0 Å². The molecule has 3 heteroatoms. The summed E-state index contributed by atoms with van der Waals surface area (Å²) in [6, 6.07) is 5.80. The summed E-state index contributed by atoms with van der Waals surface area (Å²) in [7, 11) is 0. The highest BCUT2D eigenvalue weighted by atomic mass is 16.5. The Morgan fingerprint density at radius 3 is 2.90 bits per heavy atom. The molecule has 0 aromatic heterocycles. The average molecular weight is 290 g/mol. The number of hydrogen-bond donors (Lipinski definition) is 3. The Kier molecular flexibility index (Phi) is 2.89. The summed E-state index contributed by atoms with van der Waals surface area (Å²) in [4.78, 5) is 0. The largest absolute Gasteiger partial charge is 0.508 e. The minimum absolute atomic E-state index is 0.116. The van der Waals surface area contributed by atoms with E-state index in [1.807, 2.05) is 6.07 Å². The van der Waals surface area contributed by atoms with E-state index in [1.165, 1.54) is 11.1 Å². The highest BCUT2D eigenvalue weighted by molar-refractivity contribution is 5.40.